The third-order valence-electron chi connectivity index (χ3n) is 2.80. The van der Waals surface area contributed by atoms with Crippen LogP contribution in [0.15, 0.2) is 0 Å². The Balaban J connectivity index is 2.45. The van der Waals surface area contributed by atoms with Crippen LogP contribution in [0.1, 0.15) is 26.2 Å². The second-order valence-corrected chi connectivity index (χ2v) is 4.91. The number of piperazine rings is 1. The lowest BCUT2D eigenvalue weighted by Crippen LogP contribution is -2.58. The zero-order valence-electron chi connectivity index (χ0n) is 9.99. The van der Waals surface area contributed by atoms with Crippen LogP contribution >= 0.6 is 11.8 Å². The van der Waals surface area contributed by atoms with Crippen LogP contribution in [0, 0.1) is 0 Å². The van der Waals surface area contributed by atoms with Gasteiger partial charge in [0.2, 0.25) is 11.8 Å². The summed E-state index contributed by atoms with van der Waals surface area (Å²) in [5, 5.41) is 2.63. The second-order valence-electron chi connectivity index (χ2n) is 3.93. The van der Waals surface area contributed by atoms with Gasteiger partial charge in [0.15, 0.2) is 0 Å². The first kappa shape index (κ1) is 13.4. The molecule has 0 spiro atoms. The number of hydrogen-bond donors (Lipinski definition) is 1. The molecule has 1 heterocycles. The van der Waals surface area contributed by atoms with Crippen LogP contribution in [-0.2, 0) is 9.59 Å². The van der Waals surface area contributed by atoms with Crippen LogP contribution in [0.25, 0.3) is 0 Å². The van der Waals surface area contributed by atoms with Crippen molar-refractivity contribution in [2.75, 3.05) is 25.1 Å². The molecule has 0 aromatic heterocycles. The van der Waals surface area contributed by atoms with Crippen LogP contribution < -0.4 is 5.32 Å². The molecule has 5 heteroatoms. The van der Waals surface area contributed by atoms with Gasteiger partial charge in [0.1, 0.15) is 6.04 Å². The van der Waals surface area contributed by atoms with Gasteiger partial charge in [0.25, 0.3) is 0 Å². The fourth-order valence-corrected chi connectivity index (χ4v) is 2.41. The number of amides is 2. The summed E-state index contributed by atoms with van der Waals surface area (Å²) in [6, 6.07) is -0.254. The Morgan fingerprint density at radius 2 is 2.19 bits per heavy atom. The van der Waals surface area contributed by atoms with E-state index in [1.165, 1.54) is 0 Å². The molecule has 0 aromatic rings. The summed E-state index contributed by atoms with van der Waals surface area (Å²) in [6.45, 7) is 2.82. The van der Waals surface area contributed by atoms with E-state index < -0.39 is 0 Å². The summed E-state index contributed by atoms with van der Waals surface area (Å²) in [5.41, 5.74) is 0. The first-order valence-corrected chi connectivity index (χ1v) is 7.16. The lowest BCUT2D eigenvalue weighted by Gasteiger charge is -2.34. The number of thioether (sulfide) groups is 1. The average molecular weight is 244 g/mol. The van der Waals surface area contributed by atoms with E-state index in [-0.39, 0.29) is 24.4 Å². The van der Waals surface area contributed by atoms with Gasteiger partial charge in [-0.05, 0) is 31.3 Å². The number of nitrogens with zero attached hydrogens (tertiary/aromatic N) is 1. The van der Waals surface area contributed by atoms with E-state index >= 15 is 0 Å². The van der Waals surface area contributed by atoms with Crippen molar-refractivity contribution < 1.29 is 9.59 Å². The van der Waals surface area contributed by atoms with E-state index in [4.69, 9.17) is 0 Å². The van der Waals surface area contributed by atoms with Gasteiger partial charge in [-0.25, -0.2) is 0 Å². The quantitative estimate of drug-likeness (QED) is 0.705. The fourth-order valence-electron chi connectivity index (χ4n) is 1.91. The van der Waals surface area contributed by atoms with Crippen molar-refractivity contribution in [2.24, 2.45) is 0 Å². The Bertz CT molecular complexity index is 258. The Morgan fingerprint density at radius 3 is 2.81 bits per heavy atom. The molecule has 1 unspecified atom stereocenters. The van der Waals surface area contributed by atoms with Crippen molar-refractivity contribution in [3.63, 3.8) is 0 Å². The van der Waals surface area contributed by atoms with Gasteiger partial charge in [-0.3, -0.25) is 9.59 Å². The van der Waals surface area contributed by atoms with E-state index in [1.807, 2.05) is 18.7 Å². The number of carbonyl (C=O) groups is 2. The molecular weight excluding hydrogens is 224 g/mol. The fraction of sp³-hybridized carbons (Fsp3) is 0.818. The van der Waals surface area contributed by atoms with Crippen LogP contribution in [0.3, 0.4) is 0 Å². The number of nitrogens with one attached hydrogen (secondary N) is 1. The van der Waals surface area contributed by atoms with Gasteiger partial charge in [0.05, 0.1) is 6.54 Å². The average Bonchev–Trinajstić information content (AvgIpc) is 2.29. The maximum atomic E-state index is 11.7. The molecule has 0 aromatic carbocycles. The topological polar surface area (TPSA) is 49.4 Å². The van der Waals surface area contributed by atoms with Gasteiger partial charge in [-0.2, -0.15) is 11.8 Å². The lowest BCUT2D eigenvalue weighted by atomic mass is 10.1. The minimum atomic E-state index is -0.254. The molecule has 2 amide bonds. The van der Waals surface area contributed by atoms with Crippen molar-refractivity contribution in [3.05, 3.63) is 0 Å². The predicted molar refractivity (Wildman–Crippen MR) is 66.4 cm³/mol. The smallest absolute Gasteiger partial charge is 0.243 e. The molecule has 1 saturated heterocycles. The highest BCUT2D eigenvalue weighted by molar-refractivity contribution is 7.98. The zero-order chi connectivity index (χ0) is 12.0. The highest BCUT2D eigenvalue weighted by Gasteiger charge is 2.32. The molecule has 0 bridgehead atoms. The van der Waals surface area contributed by atoms with Gasteiger partial charge in [-0.15, -0.1) is 0 Å². The minimum Gasteiger partial charge on any atom is -0.345 e. The van der Waals surface area contributed by atoms with E-state index in [0.717, 1.165) is 18.6 Å². The molecule has 1 aliphatic heterocycles. The first-order chi connectivity index (χ1) is 7.70. The highest BCUT2D eigenvalue weighted by atomic mass is 32.2. The van der Waals surface area contributed by atoms with Crippen molar-refractivity contribution in [1.82, 2.24) is 10.2 Å². The van der Waals surface area contributed by atoms with Crippen molar-refractivity contribution in [1.29, 1.82) is 0 Å². The summed E-state index contributed by atoms with van der Waals surface area (Å²) in [7, 11) is 0. The van der Waals surface area contributed by atoms with E-state index in [0.29, 0.717) is 13.0 Å². The summed E-state index contributed by atoms with van der Waals surface area (Å²) < 4.78 is 0. The Morgan fingerprint density at radius 1 is 1.44 bits per heavy atom. The maximum Gasteiger partial charge on any atom is 0.243 e. The molecule has 1 N–H and O–H groups in total. The lowest BCUT2D eigenvalue weighted by molar-refractivity contribution is -0.145. The largest absolute Gasteiger partial charge is 0.345 e. The van der Waals surface area contributed by atoms with Crippen LogP contribution in [0.2, 0.25) is 0 Å². The molecule has 0 saturated carbocycles. The third kappa shape index (κ3) is 3.40. The number of hydrogen-bond acceptors (Lipinski definition) is 3. The third-order valence-corrected chi connectivity index (χ3v) is 3.49. The van der Waals surface area contributed by atoms with Gasteiger partial charge >= 0.3 is 0 Å². The highest BCUT2D eigenvalue weighted by Crippen LogP contribution is 2.11. The number of rotatable bonds is 6. The molecular formula is C11H20N2O2S. The molecule has 1 fully saturated rings. The minimum absolute atomic E-state index is 0.00744. The van der Waals surface area contributed by atoms with Crippen LogP contribution in [0.5, 0.6) is 0 Å². The molecule has 0 aliphatic carbocycles. The van der Waals surface area contributed by atoms with Crippen molar-refractivity contribution in [3.8, 4) is 0 Å². The van der Waals surface area contributed by atoms with E-state index in [2.05, 4.69) is 11.6 Å². The van der Waals surface area contributed by atoms with Crippen LogP contribution in [0.4, 0.5) is 0 Å². The molecule has 16 heavy (non-hydrogen) atoms. The molecule has 1 aliphatic rings. The SMILES string of the molecule is CCC1C(=O)NCC(=O)N1CCCCSC. The van der Waals surface area contributed by atoms with Gasteiger partial charge in [-0.1, -0.05) is 6.92 Å². The van der Waals surface area contributed by atoms with Crippen LogP contribution in [-0.4, -0.2) is 47.9 Å². The number of unbranched alkanes of at least 4 members (excludes halogenated alkanes) is 1. The Kier molecular flexibility index (Phi) is 5.66. The summed E-state index contributed by atoms with van der Waals surface area (Å²) in [5.74, 6) is 1.16. The monoisotopic (exact) mass is 244 g/mol. The van der Waals surface area contributed by atoms with Crippen molar-refractivity contribution in [2.45, 2.75) is 32.2 Å². The Hall–Kier alpha value is -0.710. The van der Waals surface area contributed by atoms with Gasteiger partial charge < -0.3 is 10.2 Å². The van der Waals surface area contributed by atoms with Gasteiger partial charge in [0, 0.05) is 6.54 Å². The van der Waals surface area contributed by atoms with E-state index in [1.54, 1.807) is 4.90 Å². The van der Waals surface area contributed by atoms with E-state index in [9.17, 15) is 9.59 Å². The van der Waals surface area contributed by atoms with Crippen molar-refractivity contribution >= 4 is 23.6 Å². The zero-order valence-corrected chi connectivity index (χ0v) is 10.8. The first-order valence-electron chi connectivity index (χ1n) is 5.76. The normalized spacial score (nSPS) is 21.1. The molecule has 0 radical (unpaired) electrons. The summed E-state index contributed by atoms with van der Waals surface area (Å²) >= 11 is 1.81. The standard InChI is InChI=1S/C11H20N2O2S/c1-3-9-11(15)12-8-10(14)13(9)6-4-5-7-16-2/h9H,3-8H2,1-2H3,(H,12,15). The predicted octanol–water partition coefficient (Wildman–Crippen LogP) is 0.867. The Labute approximate surface area is 101 Å². The second kappa shape index (κ2) is 6.78. The molecule has 4 nitrogen and oxygen atoms in total. The maximum absolute atomic E-state index is 11.7. The summed E-state index contributed by atoms with van der Waals surface area (Å²) in [6.07, 6.45) is 4.85. The molecule has 92 valence electrons. The molecule has 1 rings (SSSR count). The molecule has 1 atom stereocenters. The summed E-state index contributed by atoms with van der Waals surface area (Å²) in [4.78, 5) is 25.0. The number of carbonyl (C=O) groups excluding carboxylic acids is 2.